The third-order valence-corrected chi connectivity index (χ3v) is 5.03. The topological polar surface area (TPSA) is 69.3 Å². The maximum Gasteiger partial charge on any atom is 0.291 e. The summed E-state index contributed by atoms with van der Waals surface area (Å²) in [6.07, 6.45) is 2.31. The lowest BCUT2D eigenvalue weighted by Crippen LogP contribution is -2.35. The Kier molecular flexibility index (Phi) is 4.01. The normalized spacial score (nSPS) is 14.6. The largest absolute Gasteiger partial charge is 0.459 e. The van der Waals surface area contributed by atoms with Crippen molar-refractivity contribution in [3.05, 3.63) is 40.2 Å². The van der Waals surface area contributed by atoms with Gasteiger partial charge in [0.15, 0.2) is 5.76 Å². The number of fused-ring (bicyclic) bond motifs is 1. The minimum absolute atomic E-state index is 0.249. The monoisotopic (exact) mass is 315 g/mol. The van der Waals surface area contributed by atoms with Gasteiger partial charge in [-0.3, -0.25) is 9.69 Å². The summed E-state index contributed by atoms with van der Waals surface area (Å²) in [6, 6.07) is 5.99. The van der Waals surface area contributed by atoms with Crippen molar-refractivity contribution in [3.8, 4) is 6.07 Å². The van der Waals surface area contributed by atoms with E-state index in [1.54, 1.807) is 12.1 Å². The number of thiophene rings is 1. The summed E-state index contributed by atoms with van der Waals surface area (Å²) in [5.74, 6) is -0.0696. The van der Waals surface area contributed by atoms with Gasteiger partial charge in [0.25, 0.3) is 5.91 Å². The number of anilines is 1. The van der Waals surface area contributed by atoms with E-state index in [4.69, 9.17) is 4.42 Å². The van der Waals surface area contributed by atoms with Crippen LogP contribution >= 0.6 is 11.3 Å². The van der Waals surface area contributed by atoms with Crippen LogP contribution in [0.5, 0.6) is 0 Å². The molecule has 2 aromatic rings. The van der Waals surface area contributed by atoms with E-state index in [0.29, 0.717) is 16.6 Å². The van der Waals surface area contributed by atoms with Gasteiger partial charge in [0.2, 0.25) is 0 Å². The van der Waals surface area contributed by atoms with Crippen molar-refractivity contribution in [2.75, 3.05) is 11.9 Å². The Labute approximate surface area is 133 Å². The maximum absolute atomic E-state index is 12.1. The van der Waals surface area contributed by atoms with Crippen molar-refractivity contribution >= 4 is 22.2 Å². The van der Waals surface area contributed by atoms with Crippen LogP contribution in [-0.4, -0.2) is 23.4 Å². The second kappa shape index (κ2) is 5.95. The quantitative estimate of drug-likeness (QED) is 0.944. The molecular formula is C16H17N3O2S. The molecule has 1 N–H and O–H groups in total. The van der Waals surface area contributed by atoms with Crippen LogP contribution in [0.3, 0.4) is 0 Å². The van der Waals surface area contributed by atoms with Crippen LogP contribution in [0.1, 0.15) is 40.4 Å². The third kappa shape index (κ3) is 2.65. The first kappa shape index (κ1) is 14.8. The number of hydrogen-bond acceptors (Lipinski definition) is 5. The number of nitriles is 1. The highest BCUT2D eigenvalue weighted by Gasteiger charge is 2.26. The van der Waals surface area contributed by atoms with Gasteiger partial charge in [0, 0.05) is 24.0 Å². The molecule has 0 spiro atoms. The van der Waals surface area contributed by atoms with Gasteiger partial charge in [-0.1, -0.05) is 0 Å². The summed E-state index contributed by atoms with van der Waals surface area (Å²) >= 11 is 1.50. The summed E-state index contributed by atoms with van der Waals surface area (Å²) in [5.41, 5.74) is 1.68. The summed E-state index contributed by atoms with van der Waals surface area (Å²) < 4.78 is 5.09. The van der Waals surface area contributed by atoms with E-state index in [2.05, 4.69) is 30.1 Å². The van der Waals surface area contributed by atoms with Crippen LogP contribution in [-0.2, 0) is 13.0 Å². The van der Waals surface area contributed by atoms with Crippen molar-refractivity contribution in [1.82, 2.24) is 4.90 Å². The SMILES string of the molecule is CC(C)N1CCc2c(sc(NC(=O)c3ccco3)c2C#N)C1. The van der Waals surface area contributed by atoms with Gasteiger partial charge in [0.05, 0.1) is 11.8 Å². The molecule has 1 aliphatic heterocycles. The fourth-order valence-corrected chi connectivity index (χ4v) is 3.86. The van der Waals surface area contributed by atoms with Crippen LogP contribution in [0.2, 0.25) is 0 Å². The number of amides is 1. The van der Waals surface area contributed by atoms with Crippen LogP contribution < -0.4 is 5.32 Å². The molecule has 0 saturated carbocycles. The molecule has 0 bridgehead atoms. The molecule has 22 heavy (non-hydrogen) atoms. The average molecular weight is 315 g/mol. The third-order valence-electron chi connectivity index (χ3n) is 3.90. The maximum atomic E-state index is 12.1. The Bertz CT molecular complexity index is 725. The molecule has 3 heterocycles. The lowest BCUT2D eigenvalue weighted by atomic mass is 10.0. The lowest BCUT2D eigenvalue weighted by molar-refractivity contribution is 0.0997. The fourth-order valence-electron chi connectivity index (χ4n) is 2.64. The fraction of sp³-hybridized carbons (Fsp3) is 0.375. The molecule has 0 aromatic carbocycles. The summed E-state index contributed by atoms with van der Waals surface area (Å²) in [5, 5.41) is 12.9. The van der Waals surface area contributed by atoms with Gasteiger partial charge < -0.3 is 9.73 Å². The van der Waals surface area contributed by atoms with Crippen LogP contribution in [0.4, 0.5) is 5.00 Å². The van der Waals surface area contributed by atoms with E-state index in [-0.39, 0.29) is 11.7 Å². The predicted molar refractivity (Wildman–Crippen MR) is 84.9 cm³/mol. The van der Waals surface area contributed by atoms with Gasteiger partial charge >= 0.3 is 0 Å². The Morgan fingerprint density at radius 3 is 3.00 bits per heavy atom. The highest BCUT2D eigenvalue weighted by Crippen LogP contribution is 2.37. The second-order valence-electron chi connectivity index (χ2n) is 5.57. The zero-order valence-electron chi connectivity index (χ0n) is 12.5. The first-order valence-electron chi connectivity index (χ1n) is 7.23. The van der Waals surface area contributed by atoms with E-state index < -0.39 is 0 Å². The first-order chi connectivity index (χ1) is 10.6. The molecule has 0 atom stereocenters. The van der Waals surface area contributed by atoms with Gasteiger partial charge in [0.1, 0.15) is 11.1 Å². The number of hydrogen-bond donors (Lipinski definition) is 1. The molecule has 0 saturated heterocycles. The molecule has 114 valence electrons. The smallest absolute Gasteiger partial charge is 0.291 e. The van der Waals surface area contributed by atoms with Crippen molar-refractivity contribution < 1.29 is 9.21 Å². The van der Waals surface area contributed by atoms with Gasteiger partial charge in [-0.25, -0.2) is 0 Å². The second-order valence-corrected chi connectivity index (χ2v) is 6.67. The number of rotatable bonds is 3. The minimum atomic E-state index is -0.319. The first-order valence-corrected chi connectivity index (χ1v) is 8.05. The number of furan rings is 1. The van der Waals surface area contributed by atoms with Crippen LogP contribution in [0, 0.1) is 11.3 Å². The zero-order valence-corrected chi connectivity index (χ0v) is 13.4. The van der Waals surface area contributed by atoms with Crippen LogP contribution in [0.25, 0.3) is 0 Å². The number of nitrogens with zero attached hydrogens (tertiary/aromatic N) is 2. The standard InChI is InChI=1S/C16H17N3O2S/c1-10(2)19-6-5-11-12(8-17)16(22-14(11)9-19)18-15(20)13-4-3-7-21-13/h3-4,7,10H,5-6,9H2,1-2H3,(H,18,20). The number of carbonyl (C=O) groups excluding carboxylic acids is 1. The van der Waals surface area contributed by atoms with Gasteiger partial charge in [-0.05, 0) is 38.0 Å². The highest BCUT2D eigenvalue weighted by molar-refractivity contribution is 7.16. The molecule has 2 aromatic heterocycles. The molecule has 0 unspecified atom stereocenters. The molecule has 5 nitrogen and oxygen atoms in total. The summed E-state index contributed by atoms with van der Waals surface area (Å²) in [4.78, 5) is 15.7. The molecule has 0 aliphatic carbocycles. The van der Waals surface area contributed by atoms with E-state index in [9.17, 15) is 10.1 Å². The Morgan fingerprint density at radius 1 is 1.55 bits per heavy atom. The minimum Gasteiger partial charge on any atom is -0.459 e. The van der Waals surface area contributed by atoms with Crippen LogP contribution in [0.15, 0.2) is 22.8 Å². The van der Waals surface area contributed by atoms with E-state index >= 15 is 0 Å². The summed E-state index contributed by atoms with van der Waals surface area (Å²) in [7, 11) is 0. The van der Waals surface area contributed by atoms with E-state index in [1.165, 1.54) is 22.5 Å². The predicted octanol–water partition coefficient (Wildman–Crippen LogP) is 3.23. The van der Waals surface area contributed by atoms with Crippen molar-refractivity contribution in [1.29, 1.82) is 5.26 Å². The molecule has 0 radical (unpaired) electrons. The molecule has 3 rings (SSSR count). The zero-order chi connectivity index (χ0) is 15.7. The number of nitrogens with one attached hydrogen (secondary N) is 1. The molecule has 1 amide bonds. The van der Waals surface area contributed by atoms with Gasteiger partial charge in [-0.2, -0.15) is 5.26 Å². The Hall–Kier alpha value is -2.10. The molecule has 1 aliphatic rings. The van der Waals surface area contributed by atoms with E-state index in [0.717, 1.165) is 25.1 Å². The Morgan fingerprint density at radius 2 is 2.36 bits per heavy atom. The molecular weight excluding hydrogens is 298 g/mol. The van der Waals surface area contributed by atoms with Crippen molar-refractivity contribution in [2.24, 2.45) is 0 Å². The lowest BCUT2D eigenvalue weighted by Gasteiger charge is -2.30. The average Bonchev–Trinajstić information content (AvgIpc) is 3.13. The summed E-state index contributed by atoms with van der Waals surface area (Å²) in [6.45, 7) is 6.12. The van der Waals surface area contributed by atoms with E-state index in [1.807, 2.05) is 0 Å². The molecule has 0 fully saturated rings. The highest BCUT2D eigenvalue weighted by atomic mass is 32.1. The van der Waals surface area contributed by atoms with Gasteiger partial charge in [-0.15, -0.1) is 11.3 Å². The van der Waals surface area contributed by atoms with Crippen molar-refractivity contribution in [3.63, 3.8) is 0 Å². The Balaban J connectivity index is 1.87. The number of carbonyl (C=O) groups is 1. The molecule has 6 heteroatoms. The van der Waals surface area contributed by atoms with Crippen molar-refractivity contribution in [2.45, 2.75) is 32.9 Å².